The van der Waals surface area contributed by atoms with Gasteiger partial charge in [-0.25, -0.2) is 0 Å². The molecule has 2 unspecified atom stereocenters. The molecule has 3 aromatic rings. The van der Waals surface area contributed by atoms with Gasteiger partial charge in [-0.3, -0.25) is 29.4 Å². The summed E-state index contributed by atoms with van der Waals surface area (Å²) in [6.07, 6.45) is 4.70. The first-order chi connectivity index (χ1) is 26.7. The molecule has 1 aliphatic carbocycles. The van der Waals surface area contributed by atoms with Crippen LogP contribution in [-0.2, 0) is 20.9 Å². The first kappa shape index (κ1) is 36.7. The Labute approximate surface area is 324 Å². The van der Waals surface area contributed by atoms with Crippen LogP contribution in [0.25, 0.3) is 0 Å². The summed E-state index contributed by atoms with van der Waals surface area (Å²) >= 11 is 6.14. The van der Waals surface area contributed by atoms with Crippen LogP contribution in [0.4, 0.5) is 17.3 Å². The monoisotopic (exact) mass is 765 g/mol. The number of hydrogen-bond acceptors (Lipinski definition) is 11. The number of rotatable bonds is 9. The Morgan fingerprint density at radius 1 is 0.927 bits per heavy atom. The van der Waals surface area contributed by atoms with Crippen LogP contribution >= 0.6 is 11.6 Å². The Bertz CT molecular complexity index is 2010. The smallest absolute Gasteiger partial charge is 0.255 e. The SMILES string of the molecule is N#Cc1ccc(O[C@@H]2CCC(C(=O)Nc3ccc(N4CCC(CN5CCN(c6ccc7c(c6)CN(C6CCC(=O)NC6=O)C7=O)CC5)CC4)nn3)C2)cc1Cl. The van der Waals surface area contributed by atoms with E-state index in [4.69, 9.17) is 21.6 Å². The molecular formula is C40H44ClN9O5. The lowest BCUT2D eigenvalue weighted by Crippen LogP contribution is -2.52. The molecule has 3 atom stereocenters. The number of piperidine rings is 2. The van der Waals surface area contributed by atoms with Gasteiger partial charge >= 0.3 is 0 Å². The van der Waals surface area contributed by atoms with E-state index in [2.05, 4.69) is 41.6 Å². The van der Waals surface area contributed by atoms with Crippen LogP contribution in [0.2, 0.25) is 5.02 Å². The van der Waals surface area contributed by atoms with Crippen LogP contribution in [0.3, 0.4) is 0 Å². The Morgan fingerprint density at radius 3 is 2.47 bits per heavy atom. The summed E-state index contributed by atoms with van der Waals surface area (Å²) in [7, 11) is 0. The Kier molecular flexibility index (Phi) is 10.6. The number of halogens is 1. The molecule has 14 nitrogen and oxygen atoms in total. The van der Waals surface area contributed by atoms with Gasteiger partial charge < -0.3 is 24.8 Å². The highest BCUT2D eigenvalue weighted by Crippen LogP contribution is 2.33. The standard InChI is InChI=1S/C40H44ClN9O5/c41-33-21-31(5-2-27(33)22-42)55-30-4-1-26(20-30)38(52)43-35-8-9-36(46-45-35)49-13-11-25(12-14-49)23-47-15-17-48(18-16-47)29-3-6-32-28(19-29)24-50(40(32)54)34-7-10-37(51)44-39(34)53/h2-3,5-6,8-9,19,21,25-26,30,34H,1,4,7,10-18,20,23-24H2,(H,43,45,52)(H,44,51,53)/t26?,30-,34?/m1/s1. The highest BCUT2D eigenvalue weighted by Gasteiger charge is 2.39. The lowest BCUT2D eigenvalue weighted by Gasteiger charge is -2.39. The molecule has 15 heteroatoms. The van der Waals surface area contributed by atoms with Crippen LogP contribution in [0.5, 0.6) is 5.75 Å². The Hall–Kier alpha value is -5.26. The number of nitrogens with one attached hydrogen (secondary N) is 2. The van der Waals surface area contributed by atoms with Crippen molar-refractivity contribution < 1.29 is 23.9 Å². The molecule has 1 aromatic heterocycles. The van der Waals surface area contributed by atoms with Crippen LogP contribution < -0.4 is 25.2 Å². The fourth-order valence-corrected chi connectivity index (χ4v) is 8.80. The van der Waals surface area contributed by atoms with E-state index in [0.717, 1.165) is 82.1 Å². The van der Waals surface area contributed by atoms with Crippen LogP contribution in [0, 0.1) is 23.2 Å². The topological polar surface area (TPSA) is 164 Å². The van der Waals surface area contributed by atoms with Crippen LogP contribution in [-0.4, -0.2) is 102 Å². The number of imide groups is 1. The number of hydrogen-bond donors (Lipinski definition) is 2. The fraction of sp³-hybridized carbons (Fsp3) is 0.475. The molecule has 55 heavy (non-hydrogen) atoms. The second kappa shape index (κ2) is 15.8. The largest absolute Gasteiger partial charge is 0.490 e. The number of aromatic nitrogens is 2. The van der Waals surface area contributed by atoms with E-state index in [9.17, 15) is 19.2 Å². The van der Waals surface area contributed by atoms with Gasteiger partial charge in [0.2, 0.25) is 17.7 Å². The molecule has 2 N–H and O–H groups in total. The molecule has 1 saturated carbocycles. The highest BCUT2D eigenvalue weighted by atomic mass is 35.5. The average Bonchev–Trinajstić information content (AvgIpc) is 3.79. The van der Waals surface area contributed by atoms with Crippen molar-refractivity contribution in [1.82, 2.24) is 25.3 Å². The summed E-state index contributed by atoms with van der Waals surface area (Å²) < 4.78 is 6.04. The predicted molar refractivity (Wildman–Crippen MR) is 205 cm³/mol. The quantitative estimate of drug-likeness (QED) is 0.303. The molecule has 5 heterocycles. The summed E-state index contributed by atoms with van der Waals surface area (Å²) in [5.74, 6) is 1.36. The van der Waals surface area contributed by atoms with Crippen molar-refractivity contribution in [1.29, 1.82) is 5.26 Å². The summed E-state index contributed by atoms with van der Waals surface area (Å²) in [4.78, 5) is 58.9. The van der Waals surface area contributed by atoms with E-state index in [0.29, 0.717) is 59.4 Å². The maximum Gasteiger partial charge on any atom is 0.255 e. The number of carbonyl (C=O) groups excluding carboxylic acids is 4. The third-order valence-corrected chi connectivity index (χ3v) is 12.0. The lowest BCUT2D eigenvalue weighted by atomic mass is 9.96. The highest BCUT2D eigenvalue weighted by molar-refractivity contribution is 6.31. The van der Waals surface area contributed by atoms with E-state index in [1.54, 1.807) is 23.1 Å². The minimum atomic E-state index is -0.604. The minimum Gasteiger partial charge on any atom is -0.490 e. The van der Waals surface area contributed by atoms with Gasteiger partial charge in [0.25, 0.3) is 5.91 Å². The molecule has 3 saturated heterocycles. The molecule has 0 bridgehead atoms. The van der Waals surface area contributed by atoms with Crippen LogP contribution in [0.15, 0.2) is 48.5 Å². The number of amides is 4. The van der Waals surface area contributed by atoms with E-state index < -0.39 is 6.04 Å². The molecule has 8 rings (SSSR count). The second-order valence-corrected chi connectivity index (χ2v) is 15.6. The first-order valence-electron chi connectivity index (χ1n) is 19.2. The number of piperazine rings is 1. The van der Waals surface area contributed by atoms with E-state index >= 15 is 0 Å². The van der Waals surface area contributed by atoms with Crippen molar-refractivity contribution in [2.24, 2.45) is 11.8 Å². The maximum atomic E-state index is 13.1. The van der Waals surface area contributed by atoms with Crippen molar-refractivity contribution in [2.75, 3.05) is 60.9 Å². The fourth-order valence-electron chi connectivity index (χ4n) is 8.58. The summed E-state index contributed by atoms with van der Waals surface area (Å²) in [5, 5.41) is 23.5. The zero-order chi connectivity index (χ0) is 38.1. The van der Waals surface area contributed by atoms with Gasteiger partial charge in [0.1, 0.15) is 17.9 Å². The van der Waals surface area contributed by atoms with Gasteiger partial charge in [0.15, 0.2) is 11.6 Å². The van der Waals surface area contributed by atoms with Gasteiger partial charge in [0.05, 0.1) is 16.7 Å². The normalized spacial score (nSPS) is 23.4. The van der Waals surface area contributed by atoms with E-state index in [1.165, 1.54) is 0 Å². The molecule has 5 aliphatic rings. The second-order valence-electron chi connectivity index (χ2n) is 15.2. The van der Waals surface area contributed by atoms with Gasteiger partial charge in [-0.05, 0) is 92.5 Å². The van der Waals surface area contributed by atoms with Crippen molar-refractivity contribution in [2.45, 2.75) is 63.6 Å². The zero-order valence-electron chi connectivity index (χ0n) is 30.6. The Balaban J connectivity index is 0.752. The number of ether oxygens (including phenoxy) is 1. The Morgan fingerprint density at radius 2 is 1.75 bits per heavy atom. The molecule has 4 fully saturated rings. The molecule has 4 aliphatic heterocycles. The molecule has 2 aromatic carbocycles. The molecular weight excluding hydrogens is 722 g/mol. The first-order valence-corrected chi connectivity index (χ1v) is 19.6. The summed E-state index contributed by atoms with van der Waals surface area (Å²) in [5.41, 5.74) is 3.07. The summed E-state index contributed by atoms with van der Waals surface area (Å²) in [6.45, 7) is 7.01. The van der Waals surface area contributed by atoms with Crippen molar-refractivity contribution in [3.63, 3.8) is 0 Å². The lowest BCUT2D eigenvalue weighted by molar-refractivity contribution is -0.137. The summed E-state index contributed by atoms with van der Waals surface area (Å²) in [6, 6.07) is 16.2. The molecule has 286 valence electrons. The third-order valence-electron chi connectivity index (χ3n) is 11.7. The van der Waals surface area contributed by atoms with Gasteiger partial charge in [-0.1, -0.05) is 11.6 Å². The van der Waals surface area contributed by atoms with Gasteiger partial charge in [0, 0.05) is 82.0 Å². The number of anilines is 3. The molecule has 0 radical (unpaired) electrons. The van der Waals surface area contributed by atoms with Crippen molar-refractivity contribution >= 4 is 52.6 Å². The number of fused-ring (bicyclic) bond motifs is 1. The average molecular weight is 766 g/mol. The molecule has 4 amide bonds. The van der Waals surface area contributed by atoms with Gasteiger partial charge in [-0.2, -0.15) is 5.26 Å². The third kappa shape index (κ3) is 8.09. The van der Waals surface area contributed by atoms with E-state index in [-0.39, 0.29) is 42.1 Å². The minimum absolute atomic E-state index is 0.0882. The maximum absolute atomic E-state index is 13.1. The predicted octanol–water partition coefficient (Wildman–Crippen LogP) is 3.99. The zero-order valence-corrected chi connectivity index (χ0v) is 31.3. The van der Waals surface area contributed by atoms with Crippen LogP contribution in [0.1, 0.15) is 66.4 Å². The number of carbonyl (C=O) groups is 4. The number of nitriles is 1. The van der Waals surface area contributed by atoms with Crippen molar-refractivity contribution in [3.05, 3.63) is 70.2 Å². The molecule has 0 spiro atoms. The number of nitrogens with zero attached hydrogens (tertiary/aromatic N) is 7. The van der Waals surface area contributed by atoms with Crippen molar-refractivity contribution in [3.8, 4) is 11.8 Å². The number of benzene rings is 2. The van der Waals surface area contributed by atoms with E-state index in [1.807, 2.05) is 30.3 Å². The van der Waals surface area contributed by atoms with Gasteiger partial charge in [-0.15, -0.1) is 10.2 Å².